The van der Waals surface area contributed by atoms with Gasteiger partial charge in [-0.3, -0.25) is 4.79 Å². The summed E-state index contributed by atoms with van der Waals surface area (Å²) in [5.74, 6) is 3.01. The van der Waals surface area contributed by atoms with Crippen LogP contribution in [0.25, 0.3) is 0 Å². The Bertz CT molecular complexity index is 519. The van der Waals surface area contributed by atoms with Crippen molar-refractivity contribution in [2.24, 2.45) is 17.8 Å². The van der Waals surface area contributed by atoms with E-state index in [0.29, 0.717) is 11.7 Å². The first kappa shape index (κ1) is 16.5. The van der Waals surface area contributed by atoms with E-state index < -0.39 is 0 Å². The molecule has 126 valence electrons. The van der Waals surface area contributed by atoms with Crippen LogP contribution < -0.4 is 4.74 Å². The summed E-state index contributed by atoms with van der Waals surface area (Å²) < 4.78 is 5.66. The Morgan fingerprint density at radius 1 is 1.09 bits per heavy atom. The molecule has 1 aromatic carbocycles. The zero-order valence-electron chi connectivity index (χ0n) is 14.6. The van der Waals surface area contributed by atoms with Gasteiger partial charge in [-0.2, -0.15) is 0 Å². The number of ether oxygens (including phenoxy) is 1. The molecule has 4 atom stereocenters. The molecule has 3 rings (SSSR count). The highest BCUT2D eigenvalue weighted by Gasteiger charge is 2.35. The first-order chi connectivity index (χ1) is 11.2. The summed E-state index contributed by atoms with van der Waals surface area (Å²) in [5, 5.41) is 0. The summed E-state index contributed by atoms with van der Waals surface area (Å²) in [7, 11) is 0. The molecule has 0 bridgehead atoms. The molecule has 0 spiro atoms. The van der Waals surface area contributed by atoms with E-state index >= 15 is 0 Å². The molecule has 2 aliphatic rings. The Morgan fingerprint density at radius 2 is 1.78 bits per heavy atom. The first-order valence-corrected chi connectivity index (χ1v) is 9.49. The van der Waals surface area contributed by atoms with Crippen LogP contribution >= 0.6 is 0 Å². The highest BCUT2D eigenvalue weighted by Crippen LogP contribution is 2.43. The second-order valence-electron chi connectivity index (χ2n) is 7.61. The van der Waals surface area contributed by atoms with Crippen LogP contribution in [0.1, 0.15) is 76.7 Å². The van der Waals surface area contributed by atoms with Crippen LogP contribution in [0.15, 0.2) is 24.3 Å². The first-order valence-electron chi connectivity index (χ1n) is 9.49. The fraction of sp³-hybridized carbons (Fsp3) is 0.667. The standard InChI is InChI=1S/C21H30O2/c1-3-15(2)16-10-12-20(13-11-16)23-21(22)19-9-8-17-6-4-5-7-18(17)14-19/h10-13,15,17-19H,3-9,14H2,1-2H3. The molecule has 1 aromatic rings. The van der Waals surface area contributed by atoms with Crippen molar-refractivity contribution in [3.63, 3.8) is 0 Å². The van der Waals surface area contributed by atoms with Gasteiger partial charge in [0, 0.05) is 0 Å². The fourth-order valence-corrected chi connectivity index (χ4v) is 4.39. The van der Waals surface area contributed by atoms with Gasteiger partial charge in [0.05, 0.1) is 5.92 Å². The van der Waals surface area contributed by atoms with Crippen molar-refractivity contribution in [2.75, 3.05) is 0 Å². The van der Waals surface area contributed by atoms with E-state index in [-0.39, 0.29) is 11.9 Å². The minimum absolute atomic E-state index is 0.00897. The maximum atomic E-state index is 12.5. The number of hydrogen-bond acceptors (Lipinski definition) is 2. The summed E-state index contributed by atoms with van der Waals surface area (Å²) in [4.78, 5) is 12.5. The van der Waals surface area contributed by atoms with Crippen LogP contribution in [-0.4, -0.2) is 5.97 Å². The Hall–Kier alpha value is -1.31. The van der Waals surface area contributed by atoms with Gasteiger partial charge in [0.15, 0.2) is 0 Å². The molecule has 4 unspecified atom stereocenters. The zero-order valence-corrected chi connectivity index (χ0v) is 14.6. The summed E-state index contributed by atoms with van der Waals surface area (Å²) in [6.45, 7) is 4.42. The lowest BCUT2D eigenvalue weighted by Gasteiger charge is -2.38. The number of hydrogen-bond donors (Lipinski definition) is 0. The lowest BCUT2D eigenvalue weighted by molar-refractivity contribution is -0.141. The predicted octanol–water partition coefficient (Wildman–Crippen LogP) is 5.71. The largest absolute Gasteiger partial charge is 0.426 e. The quantitative estimate of drug-likeness (QED) is 0.525. The van der Waals surface area contributed by atoms with E-state index in [1.807, 2.05) is 12.1 Å². The molecular formula is C21H30O2. The topological polar surface area (TPSA) is 26.3 Å². The van der Waals surface area contributed by atoms with E-state index in [9.17, 15) is 4.79 Å². The number of rotatable bonds is 4. The molecule has 0 saturated heterocycles. The Morgan fingerprint density at radius 3 is 2.48 bits per heavy atom. The second kappa shape index (κ2) is 7.51. The third-order valence-electron chi connectivity index (χ3n) is 6.15. The van der Waals surface area contributed by atoms with E-state index in [0.717, 1.165) is 31.1 Å². The maximum Gasteiger partial charge on any atom is 0.314 e. The molecular weight excluding hydrogens is 284 g/mol. The summed E-state index contributed by atoms with van der Waals surface area (Å²) >= 11 is 0. The zero-order chi connectivity index (χ0) is 16.2. The number of benzene rings is 1. The minimum atomic E-state index is -0.00897. The smallest absolute Gasteiger partial charge is 0.314 e. The van der Waals surface area contributed by atoms with Gasteiger partial charge in [0.1, 0.15) is 5.75 Å². The van der Waals surface area contributed by atoms with Crippen molar-refractivity contribution in [1.29, 1.82) is 0 Å². The second-order valence-corrected chi connectivity index (χ2v) is 7.61. The van der Waals surface area contributed by atoms with Gasteiger partial charge in [-0.15, -0.1) is 0 Å². The van der Waals surface area contributed by atoms with Gasteiger partial charge in [-0.05, 0) is 61.1 Å². The van der Waals surface area contributed by atoms with Crippen molar-refractivity contribution in [3.05, 3.63) is 29.8 Å². The molecule has 2 nitrogen and oxygen atoms in total. The number of fused-ring (bicyclic) bond motifs is 1. The van der Waals surface area contributed by atoms with Crippen LogP contribution in [0.5, 0.6) is 5.75 Å². The monoisotopic (exact) mass is 314 g/mol. The van der Waals surface area contributed by atoms with E-state index in [1.165, 1.54) is 37.7 Å². The number of esters is 1. The average molecular weight is 314 g/mol. The van der Waals surface area contributed by atoms with Crippen LogP contribution in [-0.2, 0) is 4.79 Å². The average Bonchev–Trinajstić information content (AvgIpc) is 2.61. The predicted molar refractivity (Wildman–Crippen MR) is 93.6 cm³/mol. The van der Waals surface area contributed by atoms with E-state index in [1.54, 1.807) is 0 Å². The number of carbonyl (C=O) groups excluding carboxylic acids is 1. The van der Waals surface area contributed by atoms with Crippen LogP contribution in [0.4, 0.5) is 0 Å². The summed E-state index contributed by atoms with van der Waals surface area (Å²) in [5.41, 5.74) is 1.31. The molecule has 2 fully saturated rings. The third kappa shape index (κ3) is 3.97. The third-order valence-corrected chi connectivity index (χ3v) is 6.15. The van der Waals surface area contributed by atoms with E-state index in [4.69, 9.17) is 4.74 Å². The van der Waals surface area contributed by atoms with Gasteiger partial charge in [0.2, 0.25) is 0 Å². The van der Waals surface area contributed by atoms with Gasteiger partial charge >= 0.3 is 5.97 Å². The molecule has 0 heterocycles. The molecule has 23 heavy (non-hydrogen) atoms. The van der Waals surface area contributed by atoms with Crippen LogP contribution in [0, 0.1) is 17.8 Å². The molecule has 0 N–H and O–H groups in total. The lowest BCUT2D eigenvalue weighted by Crippen LogP contribution is -2.33. The van der Waals surface area contributed by atoms with Crippen LogP contribution in [0.3, 0.4) is 0 Å². The van der Waals surface area contributed by atoms with Gasteiger partial charge < -0.3 is 4.74 Å². The van der Waals surface area contributed by atoms with Crippen LogP contribution in [0.2, 0.25) is 0 Å². The Balaban J connectivity index is 1.56. The Kier molecular flexibility index (Phi) is 5.40. The maximum absolute atomic E-state index is 12.5. The normalized spacial score (nSPS) is 28.7. The van der Waals surface area contributed by atoms with Gasteiger partial charge in [-0.25, -0.2) is 0 Å². The molecule has 0 radical (unpaired) electrons. The van der Waals surface area contributed by atoms with E-state index in [2.05, 4.69) is 26.0 Å². The highest BCUT2D eigenvalue weighted by molar-refractivity contribution is 5.75. The SMILES string of the molecule is CCC(C)c1ccc(OC(=O)C2CCC3CCCCC3C2)cc1. The van der Waals surface area contributed by atoms with Crippen molar-refractivity contribution in [1.82, 2.24) is 0 Å². The lowest BCUT2D eigenvalue weighted by atomic mass is 9.67. The summed E-state index contributed by atoms with van der Waals surface area (Å²) in [6.07, 6.45) is 9.85. The molecule has 2 heteroatoms. The highest BCUT2D eigenvalue weighted by atomic mass is 16.5. The fourth-order valence-electron chi connectivity index (χ4n) is 4.39. The number of carbonyl (C=O) groups is 1. The molecule has 2 saturated carbocycles. The molecule has 0 amide bonds. The van der Waals surface area contributed by atoms with Crippen molar-refractivity contribution in [3.8, 4) is 5.75 Å². The summed E-state index contributed by atoms with van der Waals surface area (Å²) in [6, 6.07) is 8.08. The van der Waals surface area contributed by atoms with Crippen molar-refractivity contribution in [2.45, 2.75) is 71.1 Å². The molecule has 0 aromatic heterocycles. The molecule has 2 aliphatic carbocycles. The molecule has 0 aliphatic heterocycles. The van der Waals surface area contributed by atoms with Gasteiger partial charge in [-0.1, -0.05) is 51.7 Å². The minimum Gasteiger partial charge on any atom is -0.426 e. The van der Waals surface area contributed by atoms with Crippen molar-refractivity contribution >= 4 is 5.97 Å². The Labute approximate surface area is 140 Å². The van der Waals surface area contributed by atoms with Gasteiger partial charge in [0.25, 0.3) is 0 Å². The van der Waals surface area contributed by atoms with Crippen molar-refractivity contribution < 1.29 is 9.53 Å².